The molecule has 3 heterocycles. The molecule has 2 atom stereocenters. The smallest absolute Gasteiger partial charge is 0.317 e. The maximum absolute atomic E-state index is 12.5. The highest BCUT2D eigenvalue weighted by molar-refractivity contribution is 5.74. The summed E-state index contributed by atoms with van der Waals surface area (Å²) < 4.78 is 16.8. The molecule has 0 aromatic carbocycles. The third kappa shape index (κ3) is 3.13. The van der Waals surface area contributed by atoms with Crippen LogP contribution in [-0.2, 0) is 9.47 Å². The second-order valence-corrected chi connectivity index (χ2v) is 6.18. The van der Waals surface area contributed by atoms with Crippen LogP contribution in [0.3, 0.4) is 0 Å². The highest BCUT2D eigenvalue weighted by atomic mass is 16.7. The Labute approximate surface area is 130 Å². The largest absolute Gasteiger partial charge is 0.467 e. The summed E-state index contributed by atoms with van der Waals surface area (Å²) in [5, 5.41) is 2.99. The summed E-state index contributed by atoms with van der Waals surface area (Å²) in [7, 11) is 0. The molecule has 122 valence electrons. The van der Waals surface area contributed by atoms with Crippen molar-refractivity contribution in [3.05, 3.63) is 24.2 Å². The van der Waals surface area contributed by atoms with E-state index in [4.69, 9.17) is 13.9 Å². The lowest BCUT2D eigenvalue weighted by Crippen LogP contribution is -2.51. The molecular weight excluding hydrogens is 284 g/mol. The standard InChI is InChI=1S/C16H24N2O4/c1-12(14-6-4-8-20-14)17-15(19)18-7-3-5-13(11-18)16(2)21-9-10-22-16/h4,6,8,12-13H,3,5,7,9-11H2,1-2H3,(H,17,19)/t12-,13-/m1/s1. The van der Waals surface area contributed by atoms with Gasteiger partial charge in [-0.1, -0.05) is 0 Å². The van der Waals surface area contributed by atoms with Crippen LogP contribution in [0.1, 0.15) is 38.5 Å². The third-order valence-corrected chi connectivity index (χ3v) is 4.62. The number of rotatable bonds is 3. The fourth-order valence-electron chi connectivity index (χ4n) is 3.24. The summed E-state index contributed by atoms with van der Waals surface area (Å²) in [6, 6.07) is 3.49. The number of carbonyl (C=O) groups excluding carboxylic acids is 1. The fourth-order valence-corrected chi connectivity index (χ4v) is 3.24. The predicted molar refractivity (Wildman–Crippen MR) is 80.3 cm³/mol. The molecule has 2 aliphatic heterocycles. The molecule has 3 rings (SSSR count). The molecule has 1 aromatic heterocycles. The van der Waals surface area contributed by atoms with Crippen LogP contribution in [0.2, 0.25) is 0 Å². The minimum absolute atomic E-state index is 0.0600. The van der Waals surface area contributed by atoms with E-state index in [2.05, 4.69) is 5.32 Å². The molecule has 2 aliphatic rings. The maximum Gasteiger partial charge on any atom is 0.317 e. The summed E-state index contributed by atoms with van der Waals surface area (Å²) in [5.41, 5.74) is 0. The number of furan rings is 1. The maximum atomic E-state index is 12.5. The summed E-state index contributed by atoms with van der Waals surface area (Å²) in [4.78, 5) is 14.3. The zero-order valence-electron chi connectivity index (χ0n) is 13.2. The van der Waals surface area contributed by atoms with E-state index in [9.17, 15) is 4.79 Å². The Morgan fingerprint density at radius 1 is 1.45 bits per heavy atom. The van der Waals surface area contributed by atoms with Crippen molar-refractivity contribution < 1.29 is 18.7 Å². The molecule has 2 amide bonds. The van der Waals surface area contributed by atoms with Gasteiger partial charge in [-0.2, -0.15) is 0 Å². The molecule has 6 heteroatoms. The number of hydrogen-bond acceptors (Lipinski definition) is 4. The van der Waals surface area contributed by atoms with Crippen molar-refractivity contribution in [1.29, 1.82) is 0 Å². The molecule has 0 aliphatic carbocycles. The second-order valence-electron chi connectivity index (χ2n) is 6.18. The summed E-state index contributed by atoms with van der Waals surface area (Å²) in [5.74, 6) is 0.427. The van der Waals surface area contributed by atoms with E-state index in [-0.39, 0.29) is 18.0 Å². The first-order valence-electron chi connectivity index (χ1n) is 7.95. The van der Waals surface area contributed by atoms with Gasteiger partial charge in [0.2, 0.25) is 0 Å². The van der Waals surface area contributed by atoms with E-state index in [1.807, 2.05) is 30.9 Å². The molecule has 0 saturated carbocycles. The van der Waals surface area contributed by atoms with Crippen molar-refractivity contribution in [3.8, 4) is 0 Å². The average molecular weight is 308 g/mol. The van der Waals surface area contributed by atoms with Gasteiger partial charge in [-0.3, -0.25) is 0 Å². The van der Waals surface area contributed by atoms with Crippen molar-refractivity contribution in [2.45, 2.75) is 38.5 Å². The van der Waals surface area contributed by atoms with Crippen LogP contribution in [0.15, 0.2) is 22.8 Å². The molecule has 22 heavy (non-hydrogen) atoms. The van der Waals surface area contributed by atoms with E-state index in [0.29, 0.717) is 19.8 Å². The first-order valence-corrected chi connectivity index (χ1v) is 7.95. The van der Waals surface area contributed by atoms with Crippen molar-refractivity contribution >= 4 is 6.03 Å². The van der Waals surface area contributed by atoms with E-state index < -0.39 is 5.79 Å². The minimum atomic E-state index is -0.550. The summed E-state index contributed by atoms with van der Waals surface area (Å²) in [6.45, 7) is 6.60. The van der Waals surface area contributed by atoms with Crippen LogP contribution in [0.25, 0.3) is 0 Å². The van der Waals surface area contributed by atoms with Gasteiger partial charge in [0, 0.05) is 19.0 Å². The average Bonchev–Trinajstić information content (AvgIpc) is 3.19. The van der Waals surface area contributed by atoms with E-state index in [1.165, 1.54) is 0 Å². The Balaban J connectivity index is 1.58. The molecule has 1 N–H and O–H groups in total. The van der Waals surface area contributed by atoms with Crippen LogP contribution in [0, 0.1) is 5.92 Å². The number of nitrogens with one attached hydrogen (secondary N) is 1. The Hall–Kier alpha value is -1.53. The summed E-state index contributed by atoms with van der Waals surface area (Å²) >= 11 is 0. The summed E-state index contributed by atoms with van der Waals surface area (Å²) in [6.07, 6.45) is 3.61. The molecule has 2 saturated heterocycles. The van der Waals surface area contributed by atoms with Gasteiger partial charge in [-0.15, -0.1) is 0 Å². The minimum Gasteiger partial charge on any atom is -0.467 e. The van der Waals surface area contributed by atoms with Gasteiger partial charge in [-0.25, -0.2) is 4.79 Å². The Morgan fingerprint density at radius 2 is 2.23 bits per heavy atom. The van der Waals surface area contributed by atoms with Gasteiger partial charge in [0.25, 0.3) is 0 Å². The number of nitrogens with zero attached hydrogens (tertiary/aromatic N) is 1. The predicted octanol–water partition coefficient (Wildman–Crippen LogP) is 2.53. The molecule has 2 fully saturated rings. The number of piperidine rings is 1. The number of hydrogen-bond donors (Lipinski definition) is 1. The molecule has 0 spiro atoms. The van der Waals surface area contributed by atoms with Crippen molar-refractivity contribution in [2.24, 2.45) is 5.92 Å². The van der Waals surface area contributed by atoms with Gasteiger partial charge >= 0.3 is 6.03 Å². The normalized spacial score (nSPS) is 25.9. The highest BCUT2D eigenvalue weighted by Gasteiger charge is 2.42. The Morgan fingerprint density at radius 3 is 2.91 bits per heavy atom. The molecule has 1 aromatic rings. The quantitative estimate of drug-likeness (QED) is 0.932. The zero-order valence-corrected chi connectivity index (χ0v) is 13.2. The van der Waals surface area contributed by atoms with Gasteiger partial charge in [0.15, 0.2) is 5.79 Å². The lowest BCUT2D eigenvalue weighted by atomic mass is 9.90. The first-order chi connectivity index (χ1) is 10.6. The first kappa shape index (κ1) is 15.4. The van der Waals surface area contributed by atoms with Crippen molar-refractivity contribution in [3.63, 3.8) is 0 Å². The highest BCUT2D eigenvalue weighted by Crippen LogP contribution is 2.34. The number of ether oxygens (including phenoxy) is 2. The van der Waals surface area contributed by atoms with Crippen molar-refractivity contribution in [1.82, 2.24) is 10.2 Å². The van der Waals surface area contributed by atoms with E-state index in [0.717, 1.165) is 25.1 Å². The van der Waals surface area contributed by atoms with Gasteiger partial charge < -0.3 is 24.1 Å². The van der Waals surface area contributed by atoms with Crippen molar-refractivity contribution in [2.75, 3.05) is 26.3 Å². The monoisotopic (exact) mass is 308 g/mol. The van der Waals surface area contributed by atoms with Crippen LogP contribution in [-0.4, -0.2) is 43.0 Å². The van der Waals surface area contributed by atoms with Crippen LogP contribution < -0.4 is 5.32 Å². The molecule has 0 bridgehead atoms. The molecule has 0 unspecified atom stereocenters. The zero-order chi connectivity index (χ0) is 15.6. The lowest BCUT2D eigenvalue weighted by molar-refractivity contribution is -0.189. The molecular formula is C16H24N2O4. The third-order valence-electron chi connectivity index (χ3n) is 4.62. The SMILES string of the molecule is C[C@@H](NC(=O)N1CCC[C@@H](C2(C)OCCO2)C1)c1ccco1. The number of amides is 2. The van der Waals surface area contributed by atoms with Gasteiger partial charge in [0.1, 0.15) is 5.76 Å². The van der Waals surface area contributed by atoms with Crippen LogP contribution >= 0.6 is 0 Å². The van der Waals surface area contributed by atoms with Gasteiger partial charge in [-0.05, 0) is 38.8 Å². The van der Waals surface area contributed by atoms with Crippen LogP contribution in [0.5, 0.6) is 0 Å². The van der Waals surface area contributed by atoms with E-state index >= 15 is 0 Å². The van der Waals surface area contributed by atoms with Gasteiger partial charge in [0.05, 0.1) is 25.5 Å². The fraction of sp³-hybridized carbons (Fsp3) is 0.688. The molecule has 6 nitrogen and oxygen atoms in total. The Bertz CT molecular complexity index is 496. The number of carbonyl (C=O) groups is 1. The topological polar surface area (TPSA) is 63.9 Å². The molecule has 0 radical (unpaired) electrons. The lowest BCUT2D eigenvalue weighted by Gasteiger charge is -2.40. The van der Waals surface area contributed by atoms with E-state index in [1.54, 1.807) is 6.26 Å². The van der Waals surface area contributed by atoms with Crippen LogP contribution in [0.4, 0.5) is 4.79 Å². The second kappa shape index (κ2) is 6.30. The Kier molecular flexibility index (Phi) is 4.40. The number of likely N-dealkylation sites (tertiary alicyclic amines) is 1. The number of urea groups is 1.